The molecule has 0 radical (unpaired) electrons. The average Bonchev–Trinajstić information content (AvgIpc) is 2.66. The van der Waals surface area contributed by atoms with E-state index in [1.54, 1.807) is 6.07 Å². The zero-order valence-corrected chi connectivity index (χ0v) is 16.6. The van der Waals surface area contributed by atoms with Crippen LogP contribution in [0.25, 0.3) is 0 Å². The number of halogens is 4. The van der Waals surface area contributed by atoms with Crippen LogP contribution >= 0.6 is 23.2 Å². The van der Waals surface area contributed by atoms with Crippen LogP contribution in [-0.4, -0.2) is 43.2 Å². The predicted molar refractivity (Wildman–Crippen MR) is 105 cm³/mol. The van der Waals surface area contributed by atoms with Crippen molar-refractivity contribution in [3.8, 4) is 0 Å². The van der Waals surface area contributed by atoms with Crippen LogP contribution in [0.4, 0.5) is 8.78 Å². The number of amides is 1. The van der Waals surface area contributed by atoms with E-state index in [-0.39, 0.29) is 18.4 Å². The van der Waals surface area contributed by atoms with Crippen LogP contribution in [0.3, 0.4) is 0 Å². The normalized spacial score (nSPS) is 17.5. The largest absolute Gasteiger partial charge is 0.374 e. The molecule has 0 aliphatic carbocycles. The highest BCUT2D eigenvalue weighted by Crippen LogP contribution is 2.23. The molecule has 1 aliphatic heterocycles. The number of hydrogen-bond acceptors (Lipinski definition) is 3. The maximum Gasteiger partial charge on any atom is 0.224 e. The van der Waals surface area contributed by atoms with Crippen molar-refractivity contribution < 1.29 is 18.3 Å². The number of nitrogens with zero attached hydrogens (tertiary/aromatic N) is 1. The second-order valence-corrected chi connectivity index (χ2v) is 7.52. The minimum absolute atomic E-state index is 0.0170. The van der Waals surface area contributed by atoms with E-state index in [1.807, 2.05) is 12.1 Å². The van der Waals surface area contributed by atoms with Gasteiger partial charge >= 0.3 is 0 Å². The van der Waals surface area contributed by atoms with Gasteiger partial charge in [-0.05, 0) is 35.4 Å². The Morgan fingerprint density at radius 3 is 2.64 bits per heavy atom. The molecule has 0 spiro atoms. The van der Waals surface area contributed by atoms with Crippen LogP contribution in [0.1, 0.15) is 11.1 Å². The van der Waals surface area contributed by atoms with Crippen molar-refractivity contribution in [2.24, 2.45) is 0 Å². The van der Waals surface area contributed by atoms with Gasteiger partial charge in [0.25, 0.3) is 0 Å². The van der Waals surface area contributed by atoms with Gasteiger partial charge in [0.05, 0.1) is 29.2 Å². The van der Waals surface area contributed by atoms with Gasteiger partial charge in [-0.3, -0.25) is 9.69 Å². The Hall–Kier alpha value is -1.73. The first-order chi connectivity index (χ1) is 13.4. The standard InChI is InChI=1S/C20H20Cl2F2N2O2/c21-16-3-1-14(7-17(16)22)11-26-5-6-28-15(12-26)10-25-20(27)9-13-2-4-18(23)19(24)8-13/h1-4,7-8,15H,5-6,9-12H2,(H,25,27). The fraction of sp³-hybridized carbons (Fsp3) is 0.350. The first kappa shape index (κ1) is 21.0. The highest BCUT2D eigenvalue weighted by Gasteiger charge is 2.21. The van der Waals surface area contributed by atoms with Gasteiger partial charge < -0.3 is 10.1 Å². The van der Waals surface area contributed by atoms with Crippen LogP contribution in [0.5, 0.6) is 0 Å². The first-order valence-corrected chi connectivity index (χ1v) is 9.65. The van der Waals surface area contributed by atoms with Gasteiger partial charge in [0.1, 0.15) is 0 Å². The van der Waals surface area contributed by atoms with Crippen LogP contribution in [-0.2, 0) is 22.5 Å². The van der Waals surface area contributed by atoms with Crippen molar-refractivity contribution in [1.82, 2.24) is 10.2 Å². The SMILES string of the molecule is O=C(Cc1ccc(F)c(F)c1)NCC1CN(Cc2ccc(Cl)c(Cl)c2)CCO1. The minimum Gasteiger partial charge on any atom is -0.374 e. The van der Waals surface area contributed by atoms with Gasteiger partial charge in [-0.15, -0.1) is 0 Å². The fourth-order valence-corrected chi connectivity index (χ4v) is 3.39. The number of carbonyl (C=O) groups is 1. The zero-order valence-electron chi connectivity index (χ0n) is 15.1. The predicted octanol–water partition coefficient (Wildman–Crippen LogP) is 3.83. The molecule has 0 aromatic heterocycles. The lowest BCUT2D eigenvalue weighted by Crippen LogP contribution is -2.47. The lowest BCUT2D eigenvalue weighted by molar-refractivity contribution is -0.121. The summed E-state index contributed by atoms with van der Waals surface area (Å²) in [6.07, 6.45) is -0.165. The van der Waals surface area contributed by atoms with Crippen LogP contribution in [0.2, 0.25) is 10.0 Å². The molecular weight excluding hydrogens is 409 g/mol. The molecule has 2 aromatic rings. The Bertz CT molecular complexity index is 851. The van der Waals surface area contributed by atoms with Gasteiger partial charge in [-0.1, -0.05) is 35.3 Å². The molecular formula is C20H20Cl2F2N2O2. The summed E-state index contributed by atoms with van der Waals surface area (Å²) >= 11 is 12.0. The summed E-state index contributed by atoms with van der Waals surface area (Å²) in [7, 11) is 0. The Kier molecular flexibility index (Phi) is 7.24. The number of hydrogen-bond donors (Lipinski definition) is 1. The van der Waals surface area contributed by atoms with Crippen molar-refractivity contribution in [2.75, 3.05) is 26.2 Å². The van der Waals surface area contributed by atoms with Gasteiger partial charge in [-0.25, -0.2) is 8.78 Å². The van der Waals surface area contributed by atoms with Crippen molar-refractivity contribution in [3.63, 3.8) is 0 Å². The van der Waals surface area contributed by atoms with E-state index >= 15 is 0 Å². The lowest BCUT2D eigenvalue weighted by Gasteiger charge is -2.33. The van der Waals surface area contributed by atoms with Gasteiger partial charge in [-0.2, -0.15) is 0 Å². The third-order valence-corrected chi connectivity index (χ3v) is 5.23. The van der Waals surface area contributed by atoms with Gasteiger partial charge in [0.15, 0.2) is 11.6 Å². The van der Waals surface area contributed by atoms with Crippen molar-refractivity contribution in [2.45, 2.75) is 19.1 Å². The van der Waals surface area contributed by atoms with E-state index in [1.165, 1.54) is 6.07 Å². The molecule has 1 aliphatic rings. The van der Waals surface area contributed by atoms with E-state index < -0.39 is 11.6 Å². The smallest absolute Gasteiger partial charge is 0.224 e. The fourth-order valence-electron chi connectivity index (χ4n) is 3.07. The highest BCUT2D eigenvalue weighted by molar-refractivity contribution is 6.42. The molecule has 1 N–H and O–H groups in total. The Morgan fingerprint density at radius 2 is 1.89 bits per heavy atom. The third-order valence-electron chi connectivity index (χ3n) is 4.49. The summed E-state index contributed by atoms with van der Waals surface area (Å²) in [5.41, 5.74) is 1.47. The van der Waals surface area contributed by atoms with Crippen LogP contribution in [0.15, 0.2) is 36.4 Å². The number of nitrogens with one attached hydrogen (secondary N) is 1. The van der Waals surface area contributed by atoms with Gasteiger partial charge in [0, 0.05) is 26.2 Å². The van der Waals surface area contributed by atoms with Crippen LogP contribution < -0.4 is 5.32 Å². The van der Waals surface area contributed by atoms with Crippen molar-refractivity contribution in [3.05, 3.63) is 69.2 Å². The van der Waals surface area contributed by atoms with Crippen molar-refractivity contribution in [1.29, 1.82) is 0 Å². The summed E-state index contributed by atoms with van der Waals surface area (Å²) in [4.78, 5) is 14.3. The number of ether oxygens (including phenoxy) is 1. The quantitative estimate of drug-likeness (QED) is 0.759. The summed E-state index contributed by atoms with van der Waals surface area (Å²) in [6, 6.07) is 9.00. The summed E-state index contributed by atoms with van der Waals surface area (Å²) in [5, 5.41) is 3.83. The molecule has 1 heterocycles. The molecule has 1 fully saturated rings. The monoisotopic (exact) mass is 428 g/mol. The van der Waals surface area contributed by atoms with Crippen molar-refractivity contribution >= 4 is 29.1 Å². The molecule has 0 bridgehead atoms. The van der Waals surface area contributed by atoms with Gasteiger partial charge in [0.2, 0.25) is 5.91 Å². The third kappa shape index (κ3) is 5.88. The Labute approximate surface area is 172 Å². The molecule has 1 atom stereocenters. The van der Waals surface area contributed by atoms with Crippen LogP contribution in [0, 0.1) is 11.6 Å². The maximum atomic E-state index is 13.2. The second-order valence-electron chi connectivity index (χ2n) is 6.71. The molecule has 0 saturated carbocycles. The summed E-state index contributed by atoms with van der Waals surface area (Å²) < 4.78 is 31.9. The Balaban J connectivity index is 1.47. The molecule has 8 heteroatoms. The Morgan fingerprint density at radius 1 is 1.11 bits per heavy atom. The first-order valence-electron chi connectivity index (χ1n) is 8.89. The average molecular weight is 429 g/mol. The van der Waals surface area contributed by atoms with E-state index in [4.69, 9.17) is 27.9 Å². The van der Waals surface area contributed by atoms with E-state index in [2.05, 4.69) is 10.2 Å². The topological polar surface area (TPSA) is 41.6 Å². The summed E-state index contributed by atoms with van der Waals surface area (Å²) in [5.74, 6) is -2.16. The maximum absolute atomic E-state index is 13.2. The van der Waals surface area contributed by atoms with E-state index in [0.717, 1.165) is 24.2 Å². The summed E-state index contributed by atoms with van der Waals surface area (Å²) in [6.45, 7) is 3.05. The number of carbonyl (C=O) groups excluding carboxylic acids is 1. The van der Waals surface area contributed by atoms with E-state index in [9.17, 15) is 13.6 Å². The number of benzene rings is 2. The second kappa shape index (κ2) is 9.65. The lowest BCUT2D eigenvalue weighted by atomic mass is 10.1. The van der Waals surface area contributed by atoms with E-state index in [0.29, 0.717) is 41.8 Å². The molecule has 3 rings (SSSR count). The number of morpholine rings is 1. The number of rotatable bonds is 6. The minimum atomic E-state index is -0.959. The molecule has 1 unspecified atom stereocenters. The zero-order chi connectivity index (χ0) is 20.1. The molecule has 1 saturated heterocycles. The molecule has 4 nitrogen and oxygen atoms in total. The highest BCUT2D eigenvalue weighted by atomic mass is 35.5. The molecule has 2 aromatic carbocycles. The molecule has 28 heavy (non-hydrogen) atoms. The molecule has 150 valence electrons. The molecule has 1 amide bonds.